The third-order valence-corrected chi connectivity index (χ3v) is 7.20. The molecule has 1 atom stereocenters. The fourth-order valence-corrected chi connectivity index (χ4v) is 5.21. The standard InChI is InChI=1S/C31H24F2N2O2S/c1-20-19-38-31-34-27(17-7-21-3-11-24(32)12-4-21)29(28(36)18-8-22-5-13-25(33)14-6-22)30(35(20)31)23-9-15-26(37-2)16-10-23/h3-19,30H,1-2H3/b17-7+,18-8+. The molecule has 0 aliphatic carbocycles. The van der Waals surface area contributed by atoms with Crippen molar-refractivity contribution in [2.24, 2.45) is 4.99 Å². The van der Waals surface area contributed by atoms with Crippen LogP contribution < -0.4 is 4.74 Å². The number of hydrogen-bond acceptors (Lipinski definition) is 5. The van der Waals surface area contributed by atoms with Crippen molar-refractivity contribution < 1.29 is 18.3 Å². The van der Waals surface area contributed by atoms with E-state index in [1.165, 1.54) is 42.1 Å². The topological polar surface area (TPSA) is 41.9 Å². The van der Waals surface area contributed by atoms with Crippen LogP contribution in [-0.4, -0.2) is 23.0 Å². The molecule has 0 aromatic heterocycles. The molecule has 38 heavy (non-hydrogen) atoms. The summed E-state index contributed by atoms with van der Waals surface area (Å²) in [5.74, 6) is -0.167. The smallest absolute Gasteiger partial charge is 0.186 e. The summed E-state index contributed by atoms with van der Waals surface area (Å²) in [6, 6.07) is 19.3. The zero-order valence-electron chi connectivity index (χ0n) is 20.8. The van der Waals surface area contributed by atoms with E-state index in [0.29, 0.717) is 22.6 Å². The summed E-state index contributed by atoms with van der Waals surface area (Å²) in [6.07, 6.45) is 6.77. The highest BCUT2D eigenvalue weighted by Gasteiger charge is 2.38. The Morgan fingerprint density at radius 1 is 0.895 bits per heavy atom. The molecule has 4 nitrogen and oxygen atoms in total. The lowest BCUT2D eigenvalue weighted by Gasteiger charge is -2.35. The van der Waals surface area contributed by atoms with Crippen LogP contribution in [0.5, 0.6) is 5.75 Å². The van der Waals surface area contributed by atoms with Crippen LogP contribution in [-0.2, 0) is 4.79 Å². The molecule has 1 unspecified atom stereocenters. The number of methoxy groups -OCH3 is 1. The third kappa shape index (κ3) is 5.38. The first-order valence-electron chi connectivity index (χ1n) is 11.9. The van der Waals surface area contributed by atoms with Crippen molar-refractivity contribution in [3.8, 4) is 5.75 Å². The highest BCUT2D eigenvalue weighted by molar-refractivity contribution is 8.16. The van der Waals surface area contributed by atoms with Gasteiger partial charge in [0.1, 0.15) is 17.4 Å². The molecule has 2 aliphatic heterocycles. The van der Waals surface area contributed by atoms with E-state index in [2.05, 4.69) is 4.90 Å². The van der Waals surface area contributed by atoms with Crippen LogP contribution in [0.25, 0.3) is 12.2 Å². The minimum atomic E-state index is -0.433. The number of amidine groups is 1. The van der Waals surface area contributed by atoms with Gasteiger partial charge in [-0.2, -0.15) is 0 Å². The Morgan fingerprint density at radius 3 is 2.11 bits per heavy atom. The molecule has 0 amide bonds. The Balaban J connectivity index is 1.63. The zero-order chi connectivity index (χ0) is 26.6. The number of hydrogen-bond donors (Lipinski definition) is 0. The SMILES string of the molecule is COc1ccc(C2C(C(=O)/C=C/c3ccc(F)cc3)=C(/C=C/c3ccc(F)cc3)N=C3SC=C(C)N32)cc1. The Hall–Kier alpha value is -4.23. The number of benzene rings is 3. The van der Waals surface area contributed by atoms with E-state index in [1.54, 1.807) is 43.5 Å². The van der Waals surface area contributed by atoms with Crippen LogP contribution in [0.15, 0.2) is 112 Å². The number of ether oxygens (including phenoxy) is 1. The molecule has 190 valence electrons. The third-order valence-electron chi connectivity index (χ3n) is 6.24. The van der Waals surface area contributed by atoms with Crippen molar-refractivity contribution in [2.45, 2.75) is 13.0 Å². The highest BCUT2D eigenvalue weighted by Crippen LogP contribution is 2.44. The average molecular weight is 527 g/mol. The number of carbonyl (C=O) groups excluding carboxylic acids is 1. The van der Waals surface area contributed by atoms with Crippen LogP contribution in [0.3, 0.4) is 0 Å². The Kier molecular flexibility index (Phi) is 7.38. The van der Waals surface area contributed by atoms with Gasteiger partial charge in [-0.25, -0.2) is 13.8 Å². The van der Waals surface area contributed by atoms with Crippen molar-refractivity contribution in [1.29, 1.82) is 0 Å². The monoisotopic (exact) mass is 526 g/mol. The molecule has 3 aromatic rings. The van der Waals surface area contributed by atoms with Crippen molar-refractivity contribution in [3.05, 3.63) is 136 Å². The summed E-state index contributed by atoms with van der Waals surface area (Å²) in [6.45, 7) is 1.99. The highest BCUT2D eigenvalue weighted by atomic mass is 32.2. The fraction of sp³-hybridized carbons (Fsp3) is 0.0968. The van der Waals surface area contributed by atoms with Gasteiger partial charge in [-0.15, -0.1) is 0 Å². The number of ketones is 1. The normalized spacial score (nSPS) is 17.2. The molecule has 0 N–H and O–H groups in total. The van der Waals surface area contributed by atoms with Gasteiger partial charge in [0.05, 0.1) is 24.4 Å². The second kappa shape index (κ2) is 11.0. The number of rotatable bonds is 7. The first-order valence-corrected chi connectivity index (χ1v) is 12.8. The minimum absolute atomic E-state index is 0.221. The molecule has 2 heterocycles. The zero-order valence-corrected chi connectivity index (χ0v) is 21.6. The van der Waals surface area contributed by atoms with Crippen LogP contribution in [0, 0.1) is 11.6 Å². The molecule has 0 spiro atoms. The van der Waals surface area contributed by atoms with Gasteiger partial charge >= 0.3 is 0 Å². The van der Waals surface area contributed by atoms with Crippen LogP contribution in [0.2, 0.25) is 0 Å². The number of aliphatic imine (C=N–C) groups is 1. The van der Waals surface area contributed by atoms with E-state index in [1.807, 2.05) is 42.7 Å². The Bertz CT molecular complexity index is 1500. The van der Waals surface area contributed by atoms with E-state index in [4.69, 9.17) is 9.73 Å². The molecule has 3 aromatic carbocycles. The van der Waals surface area contributed by atoms with Gasteiger partial charge in [0.25, 0.3) is 0 Å². The first kappa shape index (κ1) is 25.4. The Labute approximate surface area is 224 Å². The summed E-state index contributed by atoms with van der Waals surface area (Å²) in [5.41, 5.74) is 4.38. The predicted molar refractivity (Wildman–Crippen MR) is 149 cm³/mol. The van der Waals surface area contributed by atoms with Gasteiger partial charge < -0.3 is 9.64 Å². The van der Waals surface area contributed by atoms with Crippen molar-refractivity contribution >= 4 is 34.9 Å². The molecule has 0 fully saturated rings. The van der Waals surface area contributed by atoms with E-state index in [0.717, 1.165) is 22.0 Å². The number of fused-ring (bicyclic) bond motifs is 1. The maximum absolute atomic E-state index is 13.9. The number of carbonyl (C=O) groups is 1. The molecule has 5 rings (SSSR count). The molecule has 0 radical (unpaired) electrons. The van der Waals surface area contributed by atoms with Crippen molar-refractivity contribution in [1.82, 2.24) is 4.90 Å². The maximum Gasteiger partial charge on any atom is 0.186 e. The fourth-order valence-electron chi connectivity index (χ4n) is 4.30. The number of halogens is 2. The summed E-state index contributed by atoms with van der Waals surface area (Å²) in [5, 5.41) is 2.78. The predicted octanol–water partition coefficient (Wildman–Crippen LogP) is 7.54. The van der Waals surface area contributed by atoms with E-state index in [9.17, 15) is 13.6 Å². The summed E-state index contributed by atoms with van der Waals surface area (Å²) in [7, 11) is 1.61. The molecule has 7 heteroatoms. The van der Waals surface area contributed by atoms with E-state index in [-0.39, 0.29) is 17.4 Å². The molecule has 0 bridgehead atoms. The molecule has 0 saturated heterocycles. The largest absolute Gasteiger partial charge is 0.497 e. The minimum Gasteiger partial charge on any atom is -0.497 e. The van der Waals surface area contributed by atoms with Gasteiger partial charge in [-0.1, -0.05) is 60.3 Å². The average Bonchev–Trinajstić information content (AvgIpc) is 3.31. The number of thioether (sulfide) groups is 1. The molecular formula is C31H24F2N2O2S. The van der Waals surface area contributed by atoms with Crippen LogP contribution >= 0.6 is 11.8 Å². The summed E-state index contributed by atoms with van der Waals surface area (Å²) >= 11 is 1.50. The van der Waals surface area contributed by atoms with Gasteiger partial charge in [0, 0.05) is 5.70 Å². The lowest BCUT2D eigenvalue weighted by Crippen LogP contribution is -2.35. The number of nitrogens with zero attached hydrogens (tertiary/aromatic N) is 2. The van der Waals surface area contributed by atoms with Crippen molar-refractivity contribution in [2.75, 3.05) is 7.11 Å². The lowest BCUT2D eigenvalue weighted by molar-refractivity contribution is -0.111. The number of allylic oxidation sites excluding steroid dienone is 3. The summed E-state index contributed by atoms with van der Waals surface area (Å²) < 4.78 is 32.1. The van der Waals surface area contributed by atoms with Gasteiger partial charge in [0.15, 0.2) is 11.0 Å². The Morgan fingerprint density at radius 2 is 1.50 bits per heavy atom. The van der Waals surface area contributed by atoms with E-state index < -0.39 is 6.04 Å². The van der Waals surface area contributed by atoms with Gasteiger partial charge in [-0.3, -0.25) is 4.79 Å². The molecular weight excluding hydrogens is 502 g/mol. The van der Waals surface area contributed by atoms with Crippen LogP contribution in [0.1, 0.15) is 29.7 Å². The van der Waals surface area contributed by atoms with Gasteiger partial charge in [-0.05, 0) is 77.6 Å². The second-order valence-corrected chi connectivity index (χ2v) is 9.59. The second-order valence-electron chi connectivity index (χ2n) is 8.75. The molecule has 0 saturated carbocycles. The van der Waals surface area contributed by atoms with E-state index >= 15 is 0 Å². The molecule has 2 aliphatic rings. The lowest BCUT2D eigenvalue weighted by atomic mass is 9.90. The first-order chi connectivity index (χ1) is 18.4. The van der Waals surface area contributed by atoms with Crippen LogP contribution in [0.4, 0.5) is 8.78 Å². The van der Waals surface area contributed by atoms with Crippen molar-refractivity contribution in [3.63, 3.8) is 0 Å². The summed E-state index contributed by atoms with van der Waals surface area (Å²) in [4.78, 5) is 20.8. The quantitative estimate of drug-likeness (QED) is 0.298. The maximum atomic E-state index is 13.9. The van der Waals surface area contributed by atoms with Gasteiger partial charge in [0.2, 0.25) is 0 Å².